The highest BCUT2D eigenvalue weighted by Gasteiger charge is 2.25. The summed E-state index contributed by atoms with van der Waals surface area (Å²) in [5.74, 6) is -0.823. The molecule has 1 amide bonds. The number of benzene rings is 1. The molecule has 0 aliphatic carbocycles. The summed E-state index contributed by atoms with van der Waals surface area (Å²) in [6.07, 6.45) is 1.63. The van der Waals surface area contributed by atoms with E-state index < -0.39 is 5.82 Å². The topological polar surface area (TPSA) is 55.6 Å². The van der Waals surface area contributed by atoms with Crippen molar-refractivity contribution in [3.05, 3.63) is 29.1 Å². The van der Waals surface area contributed by atoms with Crippen molar-refractivity contribution in [3.8, 4) is 0 Å². The van der Waals surface area contributed by atoms with Gasteiger partial charge in [-0.15, -0.1) is 0 Å². The van der Waals surface area contributed by atoms with Gasteiger partial charge in [0.2, 0.25) is 0 Å². The molecular formula is C16H25FN2O2. The van der Waals surface area contributed by atoms with Crippen LogP contribution in [-0.4, -0.2) is 37.1 Å². The second kappa shape index (κ2) is 7.98. The standard InChI is InChI=1S/C16H25FN2O2/c1-5-13(6-2)19(7-8-21-4)16(20)14-10-12(18)9-11(3)15(14)17/h9-10,13H,5-8,18H2,1-4H3. The Balaban J connectivity index is 3.15. The van der Waals surface area contributed by atoms with Crippen LogP contribution in [0.4, 0.5) is 10.1 Å². The molecule has 118 valence electrons. The van der Waals surface area contributed by atoms with Gasteiger partial charge in [-0.25, -0.2) is 4.39 Å². The Labute approximate surface area is 126 Å². The van der Waals surface area contributed by atoms with E-state index in [0.717, 1.165) is 12.8 Å². The predicted molar refractivity (Wildman–Crippen MR) is 82.8 cm³/mol. The maximum Gasteiger partial charge on any atom is 0.257 e. The van der Waals surface area contributed by atoms with Crippen LogP contribution < -0.4 is 5.73 Å². The van der Waals surface area contributed by atoms with Crippen molar-refractivity contribution in [2.75, 3.05) is 26.0 Å². The number of methoxy groups -OCH3 is 1. The lowest BCUT2D eigenvalue weighted by Crippen LogP contribution is -2.42. The summed E-state index contributed by atoms with van der Waals surface area (Å²) in [7, 11) is 1.58. The monoisotopic (exact) mass is 296 g/mol. The average molecular weight is 296 g/mol. The van der Waals surface area contributed by atoms with Crippen LogP contribution in [0.15, 0.2) is 12.1 Å². The summed E-state index contributed by atoms with van der Waals surface area (Å²) < 4.78 is 19.3. The van der Waals surface area contributed by atoms with Crippen molar-refractivity contribution < 1.29 is 13.9 Å². The van der Waals surface area contributed by atoms with Crippen molar-refractivity contribution in [2.24, 2.45) is 0 Å². The summed E-state index contributed by atoms with van der Waals surface area (Å²) in [4.78, 5) is 14.4. The fourth-order valence-electron chi connectivity index (χ4n) is 2.48. The first-order valence-corrected chi connectivity index (χ1v) is 7.31. The van der Waals surface area contributed by atoms with Crippen LogP contribution in [0.25, 0.3) is 0 Å². The summed E-state index contributed by atoms with van der Waals surface area (Å²) in [5, 5.41) is 0. The molecule has 0 atom stereocenters. The fourth-order valence-corrected chi connectivity index (χ4v) is 2.48. The number of hydrogen-bond acceptors (Lipinski definition) is 3. The zero-order chi connectivity index (χ0) is 16.0. The average Bonchev–Trinajstić information content (AvgIpc) is 2.46. The number of ether oxygens (including phenoxy) is 1. The third-order valence-electron chi connectivity index (χ3n) is 3.69. The number of carbonyl (C=O) groups excluding carboxylic acids is 1. The number of aryl methyl sites for hydroxylation is 1. The molecule has 2 N–H and O–H groups in total. The molecule has 0 bridgehead atoms. The highest BCUT2D eigenvalue weighted by atomic mass is 19.1. The van der Waals surface area contributed by atoms with Crippen LogP contribution in [-0.2, 0) is 4.74 Å². The van der Waals surface area contributed by atoms with Crippen LogP contribution in [0.3, 0.4) is 0 Å². The molecule has 0 spiro atoms. The van der Waals surface area contributed by atoms with Gasteiger partial charge in [0.25, 0.3) is 5.91 Å². The van der Waals surface area contributed by atoms with E-state index in [1.54, 1.807) is 18.9 Å². The van der Waals surface area contributed by atoms with E-state index in [2.05, 4.69) is 0 Å². The summed E-state index contributed by atoms with van der Waals surface area (Å²) in [5.41, 5.74) is 6.56. The van der Waals surface area contributed by atoms with Gasteiger partial charge in [0.1, 0.15) is 5.82 Å². The molecule has 0 heterocycles. The van der Waals surface area contributed by atoms with Crippen molar-refractivity contribution >= 4 is 11.6 Å². The molecule has 0 aliphatic rings. The quantitative estimate of drug-likeness (QED) is 0.787. The summed E-state index contributed by atoms with van der Waals surface area (Å²) in [6.45, 7) is 6.50. The maximum atomic E-state index is 14.3. The first-order valence-electron chi connectivity index (χ1n) is 7.31. The fraction of sp³-hybridized carbons (Fsp3) is 0.562. The predicted octanol–water partition coefficient (Wildman–Crippen LogP) is 2.99. The highest BCUT2D eigenvalue weighted by Crippen LogP contribution is 2.21. The van der Waals surface area contributed by atoms with Gasteiger partial charge in [0.15, 0.2) is 0 Å². The Morgan fingerprint density at radius 1 is 1.38 bits per heavy atom. The molecule has 0 saturated heterocycles. The second-order valence-electron chi connectivity index (χ2n) is 5.16. The largest absolute Gasteiger partial charge is 0.399 e. The number of halogens is 1. The number of nitrogens with zero attached hydrogens (tertiary/aromatic N) is 1. The van der Waals surface area contributed by atoms with Crippen LogP contribution in [0, 0.1) is 12.7 Å². The van der Waals surface area contributed by atoms with Crippen LogP contribution in [0.5, 0.6) is 0 Å². The number of hydrogen-bond donors (Lipinski definition) is 1. The minimum absolute atomic E-state index is 0.0375. The highest BCUT2D eigenvalue weighted by molar-refractivity contribution is 5.95. The minimum atomic E-state index is -0.498. The van der Waals surface area contributed by atoms with Gasteiger partial charge in [-0.05, 0) is 37.5 Å². The smallest absolute Gasteiger partial charge is 0.257 e. The lowest BCUT2D eigenvalue weighted by molar-refractivity contribution is 0.0585. The molecule has 0 aliphatic heterocycles. The number of amides is 1. The van der Waals surface area contributed by atoms with E-state index >= 15 is 0 Å². The minimum Gasteiger partial charge on any atom is -0.399 e. The molecule has 0 fully saturated rings. The zero-order valence-corrected chi connectivity index (χ0v) is 13.3. The zero-order valence-electron chi connectivity index (χ0n) is 13.3. The molecule has 0 unspecified atom stereocenters. The molecule has 1 aromatic carbocycles. The lowest BCUT2D eigenvalue weighted by Gasteiger charge is -2.30. The molecule has 0 saturated carbocycles. The Morgan fingerprint density at radius 2 is 2.00 bits per heavy atom. The van der Waals surface area contributed by atoms with Gasteiger partial charge in [0, 0.05) is 25.4 Å². The molecule has 0 aromatic heterocycles. The van der Waals surface area contributed by atoms with Gasteiger partial charge in [-0.2, -0.15) is 0 Å². The first-order chi connectivity index (χ1) is 9.96. The number of nitrogens with two attached hydrogens (primary N) is 1. The third kappa shape index (κ3) is 4.17. The van der Waals surface area contributed by atoms with Crippen LogP contribution in [0.1, 0.15) is 42.6 Å². The number of anilines is 1. The van der Waals surface area contributed by atoms with Crippen molar-refractivity contribution in [1.29, 1.82) is 0 Å². The van der Waals surface area contributed by atoms with E-state index in [1.807, 2.05) is 13.8 Å². The number of nitrogen functional groups attached to an aromatic ring is 1. The van der Waals surface area contributed by atoms with E-state index in [0.29, 0.717) is 24.4 Å². The van der Waals surface area contributed by atoms with E-state index in [-0.39, 0.29) is 17.5 Å². The van der Waals surface area contributed by atoms with E-state index in [1.165, 1.54) is 12.1 Å². The maximum absolute atomic E-state index is 14.3. The molecule has 1 rings (SSSR count). The third-order valence-corrected chi connectivity index (χ3v) is 3.69. The number of carbonyl (C=O) groups is 1. The molecule has 4 nitrogen and oxygen atoms in total. The number of rotatable bonds is 7. The van der Waals surface area contributed by atoms with Crippen LogP contribution >= 0.6 is 0 Å². The lowest BCUT2D eigenvalue weighted by atomic mass is 10.0. The first kappa shape index (κ1) is 17.4. The van der Waals surface area contributed by atoms with Crippen molar-refractivity contribution in [1.82, 2.24) is 4.90 Å². The normalized spacial score (nSPS) is 11.0. The Bertz CT molecular complexity index is 487. The van der Waals surface area contributed by atoms with Crippen molar-refractivity contribution in [2.45, 2.75) is 39.7 Å². The van der Waals surface area contributed by atoms with E-state index in [9.17, 15) is 9.18 Å². The molecule has 0 radical (unpaired) electrons. The Hall–Kier alpha value is -1.62. The summed E-state index contributed by atoms with van der Waals surface area (Å²) in [6, 6.07) is 3.00. The Morgan fingerprint density at radius 3 is 2.52 bits per heavy atom. The SMILES string of the molecule is CCC(CC)N(CCOC)C(=O)c1cc(N)cc(C)c1F. The van der Waals surface area contributed by atoms with Crippen LogP contribution in [0.2, 0.25) is 0 Å². The second-order valence-corrected chi connectivity index (χ2v) is 5.16. The van der Waals surface area contributed by atoms with Gasteiger partial charge in [-0.3, -0.25) is 4.79 Å². The van der Waals surface area contributed by atoms with Crippen molar-refractivity contribution in [3.63, 3.8) is 0 Å². The van der Waals surface area contributed by atoms with E-state index in [4.69, 9.17) is 10.5 Å². The molecule has 21 heavy (non-hydrogen) atoms. The van der Waals surface area contributed by atoms with Gasteiger partial charge < -0.3 is 15.4 Å². The Kier molecular flexibility index (Phi) is 6.62. The molecule has 5 heteroatoms. The molecule has 1 aromatic rings. The van der Waals surface area contributed by atoms with Gasteiger partial charge >= 0.3 is 0 Å². The van der Waals surface area contributed by atoms with Gasteiger partial charge in [-0.1, -0.05) is 13.8 Å². The van der Waals surface area contributed by atoms with Gasteiger partial charge in [0.05, 0.1) is 12.2 Å². The summed E-state index contributed by atoms with van der Waals surface area (Å²) >= 11 is 0. The molecular weight excluding hydrogens is 271 g/mol.